The third-order valence-electron chi connectivity index (χ3n) is 2.11. The van der Waals surface area contributed by atoms with E-state index in [1.807, 2.05) is 43.3 Å². The predicted molar refractivity (Wildman–Crippen MR) is 58.6 cm³/mol. The first-order chi connectivity index (χ1) is 7.29. The lowest BCUT2D eigenvalue weighted by Gasteiger charge is -2.01. The van der Waals surface area contributed by atoms with Crippen LogP contribution in [-0.2, 0) is 4.79 Å². The highest BCUT2D eigenvalue weighted by molar-refractivity contribution is 5.74. The summed E-state index contributed by atoms with van der Waals surface area (Å²) < 4.78 is 5.49. The van der Waals surface area contributed by atoms with E-state index in [1.165, 1.54) is 0 Å². The highest BCUT2D eigenvalue weighted by Crippen LogP contribution is 2.24. The molecular formula is C12H11NO2. The molecule has 2 aromatic rings. The van der Waals surface area contributed by atoms with Gasteiger partial charge in [-0.25, -0.2) is 0 Å². The molecular weight excluding hydrogens is 190 g/mol. The van der Waals surface area contributed by atoms with Crippen molar-refractivity contribution in [2.45, 2.75) is 6.92 Å². The van der Waals surface area contributed by atoms with Crippen LogP contribution >= 0.6 is 0 Å². The summed E-state index contributed by atoms with van der Waals surface area (Å²) >= 11 is 0. The minimum Gasteiger partial charge on any atom is -0.461 e. The van der Waals surface area contributed by atoms with Crippen LogP contribution in [0.2, 0.25) is 0 Å². The summed E-state index contributed by atoms with van der Waals surface area (Å²) in [6.45, 7) is 1.90. The molecule has 0 radical (unpaired) electrons. The van der Waals surface area contributed by atoms with Gasteiger partial charge in [-0.05, 0) is 31.2 Å². The normalized spacial score (nSPS) is 9.93. The molecule has 1 aromatic heterocycles. The van der Waals surface area contributed by atoms with Crippen molar-refractivity contribution in [3.63, 3.8) is 0 Å². The fourth-order valence-corrected chi connectivity index (χ4v) is 1.42. The van der Waals surface area contributed by atoms with Crippen LogP contribution < -0.4 is 5.32 Å². The van der Waals surface area contributed by atoms with Gasteiger partial charge >= 0.3 is 0 Å². The fourth-order valence-electron chi connectivity index (χ4n) is 1.42. The van der Waals surface area contributed by atoms with Crippen LogP contribution in [0.5, 0.6) is 0 Å². The Kier molecular flexibility index (Phi) is 2.54. The zero-order valence-electron chi connectivity index (χ0n) is 8.36. The topological polar surface area (TPSA) is 42.2 Å². The van der Waals surface area contributed by atoms with Gasteiger partial charge in [0.15, 0.2) is 0 Å². The van der Waals surface area contributed by atoms with Crippen LogP contribution in [0.15, 0.2) is 40.8 Å². The lowest BCUT2D eigenvalue weighted by atomic mass is 10.1. The third-order valence-corrected chi connectivity index (χ3v) is 2.11. The Morgan fingerprint density at radius 2 is 2.13 bits per heavy atom. The standard InChI is InChI=1S/C12H11NO2/c1-9-5-6-12(15-9)10-3-2-4-11(7-10)13-8-14/h2-8H,1H3,(H,13,14). The van der Waals surface area contributed by atoms with Crippen LogP contribution in [0.4, 0.5) is 5.69 Å². The zero-order chi connectivity index (χ0) is 10.7. The van der Waals surface area contributed by atoms with Crippen LogP contribution in [-0.4, -0.2) is 6.41 Å². The van der Waals surface area contributed by atoms with E-state index < -0.39 is 0 Å². The van der Waals surface area contributed by atoms with Gasteiger partial charge in [0.2, 0.25) is 6.41 Å². The predicted octanol–water partition coefficient (Wildman–Crippen LogP) is 2.82. The van der Waals surface area contributed by atoms with Gasteiger partial charge in [-0.3, -0.25) is 4.79 Å². The fraction of sp³-hybridized carbons (Fsp3) is 0.0833. The molecule has 0 saturated carbocycles. The summed E-state index contributed by atoms with van der Waals surface area (Å²) in [5, 5.41) is 2.60. The lowest BCUT2D eigenvalue weighted by Crippen LogP contribution is -1.92. The Labute approximate surface area is 87.7 Å². The van der Waals surface area contributed by atoms with Crippen molar-refractivity contribution in [2.75, 3.05) is 5.32 Å². The first-order valence-corrected chi connectivity index (χ1v) is 4.66. The van der Waals surface area contributed by atoms with Gasteiger partial charge in [0.25, 0.3) is 0 Å². The average Bonchev–Trinajstić information content (AvgIpc) is 2.66. The maximum atomic E-state index is 10.3. The third kappa shape index (κ3) is 2.07. The van der Waals surface area contributed by atoms with E-state index in [2.05, 4.69) is 5.32 Å². The monoisotopic (exact) mass is 201 g/mol. The van der Waals surface area contributed by atoms with Gasteiger partial charge in [0, 0.05) is 11.3 Å². The SMILES string of the molecule is Cc1ccc(-c2cccc(NC=O)c2)o1. The van der Waals surface area contributed by atoms with Gasteiger partial charge in [-0.2, -0.15) is 0 Å². The molecule has 0 aliphatic rings. The Bertz CT molecular complexity index is 474. The van der Waals surface area contributed by atoms with Crippen LogP contribution in [0.1, 0.15) is 5.76 Å². The van der Waals surface area contributed by atoms with E-state index in [9.17, 15) is 4.79 Å². The summed E-state index contributed by atoms with van der Waals surface area (Å²) in [6, 6.07) is 11.3. The smallest absolute Gasteiger partial charge is 0.211 e. The molecule has 0 aliphatic heterocycles. The van der Waals surface area contributed by atoms with Crippen molar-refractivity contribution in [2.24, 2.45) is 0 Å². The molecule has 0 atom stereocenters. The number of amides is 1. The first kappa shape index (κ1) is 9.52. The summed E-state index contributed by atoms with van der Waals surface area (Å²) in [6.07, 6.45) is 0.659. The van der Waals surface area contributed by atoms with E-state index in [4.69, 9.17) is 4.42 Å². The molecule has 3 heteroatoms. The molecule has 0 spiro atoms. The molecule has 76 valence electrons. The summed E-state index contributed by atoms with van der Waals surface area (Å²) in [4.78, 5) is 10.3. The van der Waals surface area contributed by atoms with Gasteiger partial charge in [-0.1, -0.05) is 12.1 Å². The Morgan fingerprint density at radius 3 is 2.80 bits per heavy atom. The van der Waals surface area contributed by atoms with Crippen LogP contribution in [0.3, 0.4) is 0 Å². The maximum absolute atomic E-state index is 10.3. The number of anilines is 1. The van der Waals surface area contributed by atoms with E-state index >= 15 is 0 Å². The second-order valence-corrected chi connectivity index (χ2v) is 3.25. The van der Waals surface area contributed by atoms with Crippen molar-refractivity contribution >= 4 is 12.1 Å². The summed E-state index contributed by atoms with van der Waals surface area (Å²) in [5.74, 6) is 1.68. The molecule has 0 aliphatic carbocycles. The average molecular weight is 201 g/mol. The molecule has 0 saturated heterocycles. The summed E-state index contributed by atoms with van der Waals surface area (Å²) in [7, 11) is 0. The van der Waals surface area contributed by atoms with E-state index in [0.717, 1.165) is 22.8 Å². The van der Waals surface area contributed by atoms with Crippen molar-refractivity contribution in [3.05, 3.63) is 42.2 Å². The van der Waals surface area contributed by atoms with Gasteiger partial charge in [0.1, 0.15) is 11.5 Å². The van der Waals surface area contributed by atoms with Crippen molar-refractivity contribution in [1.29, 1.82) is 0 Å². The van der Waals surface area contributed by atoms with E-state index in [0.29, 0.717) is 6.41 Å². The molecule has 1 N–H and O–H groups in total. The van der Waals surface area contributed by atoms with Crippen LogP contribution in [0, 0.1) is 6.92 Å². The number of carbonyl (C=O) groups is 1. The van der Waals surface area contributed by atoms with Crippen molar-refractivity contribution in [3.8, 4) is 11.3 Å². The molecule has 2 rings (SSSR count). The van der Waals surface area contributed by atoms with Crippen LogP contribution in [0.25, 0.3) is 11.3 Å². The largest absolute Gasteiger partial charge is 0.461 e. The molecule has 1 amide bonds. The summed E-state index contributed by atoms with van der Waals surface area (Å²) in [5.41, 5.74) is 1.71. The number of aryl methyl sites for hydroxylation is 1. The molecule has 15 heavy (non-hydrogen) atoms. The number of benzene rings is 1. The Balaban J connectivity index is 2.36. The maximum Gasteiger partial charge on any atom is 0.211 e. The zero-order valence-corrected chi connectivity index (χ0v) is 8.36. The number of hydrogen-bond donors (Lipinski definition) is 1. The highest BCUT2D eigenvalue weighted by Gasteiger charge is 2.02. The number of hydrogen-bond acceptors (Lipinski definition) is 2. The number of furan rings is 1. The van der Waals surface area contributed by atoms with Crippen molar-refractivity contribution in [1.82, 2.24) is 0 Å². The molecule has 0 unspecified atom stereocenters. The first-order valence-electron chi connectivity index (χ1n) is 4.66. The lowest BCUT2D eigenvalue weighted by molar-refractivity contribution is -0.105. The van der Waals surface area contributed by atoms with Crippen molar-refractivity contribution < 1.29 is 9.21 Å². The molecule has 3 nitrogen and oxygen atoms in total. The number of nitrogens with one attached hydrogen (secondary N) is 1. The molecule has 1 heterocycles. The molecule has 0 bridgehead atoms. The second kappa shape index (κ2) is 4.00. The number of carbonyl (C=O) groups excluding carboxylic acids is 1. The molecule has 1 aromatic carbocycles. The van der Waals surface area contributed by atoms with Gasteiger partial charge in [-0.15, -0.1) is 0 Å². The van der Waals surface area contributed by atoms with Gasteiger partial charge in [0.05, 0.1) is 0 Å². The minimum atomic E-state index is 0.659. The van der Waals surface area contributed by atoms with E-state index in [1.54, 1.807) is 0 Å². The number of rotatable bonds is 3. The highest BCUT2D eigenvalue weighted by atomic mass is 16.3. The molecule has 0 fully saturated rings. The second-order valence-electron chi connectivity index (χ2n) is 3.25. The Morgan fingerprint density at radius 1 is 1.27 bits per heavy atom. The quantitative estimate of drug-likeness (QED) is 0.776. The van der Waals surface area contributed by atoms with E-state index in [-0.39, 0.29) is 0 Å². The Hall–Kier alpha value is -2.03. The van der Waals surface area contributed by atoms with Gasteiger partial charge < -0.3 is 9.73 Å². The minimum absolute atomic E-state index is 0.659.